The molecule has 0 fully saturated rings. The van der Waals surface area contributed by atoms with E-state index in [2.05, 4.69) is 11.8 Å². The van der Waals surface area contributed by atoms with Gasteiger partial charge in [0.25, 0.3) is 0 Å². The van der Waals surface area contributed by atoms with Gasteiger partial charge in [-0.3, -0.25) is 0 Å². The molecule has 3 nitrogen and oxygen atoms in total. The van der Waals surface area contributed by atoms with Crippen molar-refractivity contribution >= 4 is 0 Å². The largest absolute Gasteiger partial charge is 0.379 e. The van der Waals surface area contributed by atoms with Crippen molar-refractivity contribution in [1.82, 2.24) is 4.90 Å². The Balaban J connectivity index is 3.96. The van der Waals surface area contributed by atoms with E-state index in [1.165, 1.54) is 4.90 Å². The van der Waals surface area contributed by atoms with Crippen LogP contribution in [0.25, 0.3) is 0 Å². The van der Waals surface area contributed by atoms with Gasteiger partial charge in [0.05, 0.1) is 6.54 Å². The Morgan fingerprint density at radius 1 is 1.27 bits per heavy atom. The zero-order valence-corrected chi connectivity index (χ0v) is 7.20. The molecular formula is C8H15NO2. The van der Waals surface area contributed by atoms with Crippen molar-refractivity contribution in [2.45, 2.75) is 33.2 Å². The van der Waals surface area contributed by atoms with Crippen LogP contribution in [0, 0.1) is 11.8 Å². The molecule has 0 saturated carbocycles. The third-order valence-electron chi connectivity index (χ3n) is 1.40. The van der Waals surface area contributed by atoms with Crippen LogP contribution >= 0.6 is 0 Å². The lowest BCUT2D eigenvalue weighted by molar-refractivity contribution is -0.0754. The summed E-state index contributed by atoms with van der Waals surface area (Å²) in [5.41, 5.74) is 0. The fraction of sp³-hybridized carbons (Fsp3) is 0.750. The summed E-state index contributed by atoms with van der Waals surface area (Å²) in [5.74, 6) is 5.46. The minimum absolute atomic E-state index is 0.395. The molecule has 2 N–H and O–H groups in total. The number of hydrogen-bond donors (Lipinski definition) is 2. The molecule has 3 heteroatoms. The van der Waals surface area contributed by atoms with Gasteiger partial charge in [0.1, 0.15) is 12.5 Å². The van der Waals surface area contributed by atoms with Gasteiger partial charge >= 0.3 is 0 Å². The number of hydrogen-bond acceptors (Lipinski definition) is 3. The highest BCUT2D eigenvalue weighted by Gasteiger charge is 2.13. The van der Waals surface area contributed by atoms with Crippen molar-refractivity contribution in [1.29, 1.82) is 0 Å². The van der Waals surface area contributed by atoms with E-state index in [0.29, 0.717) is 6.54 Å². The zero-order chi connectivity index (χ0) is 8.85. The molecule has 0 rings (SSSR count). The lowest BCUT2D eigenvalue weighted by Crippen LogP contribution is -2.40. The maximum absolute atomic E-state index is 9.11. The second kappa shape index (κ2) is 5.14. The highest BCUT2D eigenvalue weighted by atomic mass is 16.3. The van der Waals surface area contributed by atoms with E-state index < -0.39 is 12.5 Å². The van der Waals surface area contributed by atoms with Gasteiger partial charge in [-0.2, -0.15) is 0 Å². The minimum Gasteiger partial charge on any atom is -0.379 e. The molecule has 0 aromatic rings. The van der Waals surface area contributed by atoms with Gasteiger partial charge in [-0.15, -0.1) is 5.92 Å². The monoisotopic (exact) mass is 157 g/mol. The van der Waals surface area contributed by atoms with Crippen LogP contribution in [0.1, 0.15) is 20.8 Å². The quantitative estimate of drug-likeness (QED) is 0.447. The van der Waals surface area contributed by atoms with E-state index in [1.54, 1.807) is 20.8 Å². The molecule has 0 heterocycles. The molecule has 0 aliphatic rings. The Hall–Kier alpha value is -0.560. The second-order valence-electron chi connectivity index (χ2n) is 2.36. The van der Waals surface area contributed by atoms with E-state index in [-0.39, 0.29) is 0 Å². The van der Waals surface area contributed by atoms with Gasteiger partial charge < -0.3 is 10.2 Å². The first-order valence-electron chi connectivity index (χ1n) is 3.61. The third-order valence-corrected chi connectivity index (χ3v) is 1.40. The fourth-order valence-electron chi connectivity index (χ4n) is 0.747. The summed E-state index contributed by atoms with van der Waals surface area (Å²) in [7, 11) is 0. The summed E-state index contributed by atoms with van der Waals surface area (Å²) in [5, 5.41) is 18.2. The first kappa shape index (κ1) is 10.4. The molecule has 0 aliphatic carbocycles. The van der Waals surface area contributed by atoms with Crippen LogP contribution in [0.15, 0.2) is 0 Å². The number of aliphatic hydroxyl groups is 2. The van der Waals surface area contributed by atoms with E-state index in [1.807, 2.05) is 0 Å². The van der Waals surface area contributed by atoms with Gasteiger partial charge in [0, 0.05) is 0 Å². The normalized spacial score (nSPS) is 15.5. The molecule has 0 spiro atoms. The number of nitrogens with zero attached hydrogens (tertiary/aromatic N) is 1. The number of rotatable bonds is 3. The van der Waals surface area contributed by atoms with E-state index in [9.17, 15) is 0 Å². The van der Waals surface area contributed by atoms with E-state index >= 15 is 0 Å². The lowest BCUT2D eigenvalue weighted by Gasteiger charge is -2.25. The van der Waals surface area contributed by atoms with Crippen molar-refractivity contribution in [3.8, 4) is 11.8 Å². The van der Waals surface area contributed by atoms with Gasteiger partial charge in [0.2, 0.25) is 0 Å². The van der Waals surface area contributed by atoms with Crippen LogP contribution in [0.2, 0.25) is 0 Å². The van der Waals surface area contributed by atoms with Crippen LogP contribution in [0.4, 0.5) is 0 Å². The van der Waals surface area contributed by atoms with Gasteiger partial charge in [-0.05, 0) is 20.8 Å². The molecule has 0 amide bonds. The second-order valence-corrected chi connectivity index (χ2v) is 2.36. The molecule has 0 bridgehead atoms. The van der Waals surface area contributed by atoms with Gasteiger partial charge in [-0.1, -0.05) is 5.92 Å². The van der Waals surface area contributed by atoms with Crippen molar-refractivity contribution in [2.24, 2.45) is 0 Å². The Morgan fingerprint density at radius 2 is 1.73 bits per heavy atom. The first-order chi connectivity index (χ1) is 5.09. The Labute approximate surface area is 67.6 Å². The van der Waals surface area contributed by atoms with Crippen LogP contribution in [-0.2, 0) is 0 Å². The van der Waals surface area contributed by atoms with Crippen LogP contribution in [0.3, 0.4) is 0 Å². The standard InChI is InChI=1S/C8H15NO2/c1-4-5-6-9(7(2)10)8(3)11/h7-8,10-11H,6H2,1-3H3. The van der Waals surface area contributed by atoms with Gasteiger partial charge in [0.15, 0.2) is 0 Å². The van der Waals surface area contributed by atoms with E-state index in [4.69, 9.17) is 10.2 Å². The van der Waals surface area contributed by atoms with Gasteiger partial charge in [-0.25, -0.2) is 4.90 Å². The van der Waals surface area contributed by atoms with Crippen molar-refractivity contribution in [3.63, 3.8) is 0 Å². The smallest absolute Gasteiger partial charge is 0.107 e. The fourth-order valence-corrected chi connectivity index (χ4v) is 0.747. The maximum Gasteiger partial charge on any atom is 0.107 e. The highest BCUT2D eigenvalue weighted by molar-refractivity contribution is 4.98. The Kier molecular flexibility index (Phi) is 4.88. The summed E-state index contributed by atoms with van der Waals surface area (Å²) in [6.07, 6.45) is -1.31. The summed E-state index contributed by atoms with van der Waals surface area (Å²) < 4.78 is 0. The Bertz CT molecular complexity index is 147. The molecular weight excluding hydrogens is 142 g/mol. The molecule has 0 radical (unpaired) electrons. The van der Waals surface area contributed by atoms with E-state index in [0.717, 1.165) is 0 Å². The number of aliphatic hydroxyl groups excluding tert-OH is 2. The highest BCUT2D eigenvalue weighted by Crippen LogP contribution is 1.98. The third kappa shape index (κ3) is 3.99. The maximum atomic E-state index is 9.11. The molecule has 0 saturated heterocycles. The van der Waals surface area contributed by atoms with Crippen LogP contribution < -0.4 is 0 Å². The first-order valence-corrected chi connectivity index (χ1v) is 3.61. The lowest BCUT2D eigenvalue weighted by atomic mass is 10.4. The van der Waals surface area contributed by atoms with Crippen molar-refractivity contribution < 1.29 is 10.2 Å². The van der Waals surface area contributed by atoms with Crippen LogP contribution in [-0.4, -0.2) is 34.1 Å². The average molecular weight is 157 g/mol. The zero-order valence-electron chi connectivity index (χ0n) is 7.20. The van der Waals surface area contributed by atoms with Crippen LogP contribution in [0.5, 0.6) is 0 Å². The molecule has 0 aliphatic heterocycles. The molecule has 0 aromatic carbocycles. The van der Waals surface area contributed by atoms with Crippen molar-refractivity contribution in [2.75, 3.05) is 6.54 Å². The van der Waals surface area contributed by atoms with Crippen molar-refractivity contribution in [3.05, 3.63) is 0 Å². The molecule has 64 valence electrons. The molecule has 2 unspecified atom stereocenters. The summed E-state index contributed by atoms with van der Waals surface area (Å²) in [6, 6.07) is 0. The molecule has 2 atom stereocenters. The SMILES string of the molecule is CC#CCN(C(C)O)C(C)O. The molecule has 11 heavy (non-hydrogen) atoms. The summed E-state index contributed by atoms with van der Waals surface area (Å²) >= 11 is 0. The summed E-state index contributed by atoms with van der Waals surface area (Å²) in [4.78, 5) is 1.48. The predicted octanol–water partition coefficient (Wildman–Crippen LogP) is -0.0117. The predicted molar refractivity (Wildman–Crippen MR) is 43.5 cm³/mol. The topological polar surface area (TPSA) is 43.7 Å². The minimum atomic E-state index is -0.657. The Morgan fingerprint density at radius 3 is 2.00 bits per heavy atom. The average Bonchev–Trinajstić information content (AvgIpc) is 1.87. The molecule has 0 aromatic heterocycles. The summed E-state index contributed by atoms with van der Waals surface area (Å²) in [6.45, 7) is 5.32.